The maximum absolute atomic E-state index is 12.0. The topological polar surface area (TPSA) is 76.4 Å². The zero-order valence-corrected chi connectivity index (χ0v) is 12.5. The molecule has 2 aromatic rings. The molecule has 0 spiro atoms. The molecule has 2 amide bonds. The Morgan fingerprint density at radius 3 is 2.86 bits per heavy atom. The van der Waals surface area contributed by atoms with E-state index in [1.54, 1.807) is 6.07 Å². The van der Waals surface area contributed by atoms with E-state index in [0.717, 1.165) is 12.0 Å². The monoisotopic (exact) mass is 321 g/mol. The third-order valence-corrected chi connectivity index (χ3v) is 3.78. The largest absolute Gasteiger partial charge is 0.371 e. The van der Waals surface area contributed by atoms with Crippen LogP contribution in [0.2, 0.25) is 5.02 Å². The van der Waals surface area contributed by atoms with Crippen LogP contribution in [0.4, 0.5) is 4.79 Å². The summed E-state index contributed by atoms with van der Waals surface area (Å²) in [4.78, 5) is 12.0. The molecule has 1 fully saturated rings. The molecule has 6 nitrogen and oxygen atoms in total. The molecule has 1 aliphatic rings. The van der Waals surface area contributed by atoms with Crippen LogP contribution >= 0.6 is 11.6 Å². The van der Waals surface area contributed by atoms with Gasteiger partial charge in [-0.05, 0) is 24.1 Å². The Balaban J connectivity index is 1.56. The first kappa shape index (κ1) is 14.9. The summed E-state index contributed by atoms with van der Waals surface area (Å²) in [6.45, 7) is 0.934. The van der Waals surface area contributed by atoms with Crippen molar-refractivity contribution < 1.29 is 14.1 Å². The number of nitrogens with one attached hydrogen (secondary N) is 2. The summed E-state index contributed by atoms with van der Waals surface area (Å²) in [6, 6.07) is 8.85. The molecule has 0 unspecified atom stereocenters. The lowest BCUT2D eigenvalue weighted by molar-refractivity contribution is 0.0999. The van der Waals surface area contributed by atoms with Gasteiger partial charge in [0.05, 0.1) is 12.6 Å². The lowest BCUT2D eigenvalue weighted by atomic mass is 10.0. The molecule has 2 N–H and O–H groups in total. The summed E-state index contributed by atoms with van der Waals surface area (Å²) in [5.41, 5.74) is 1.68. The van der Waals surface area contributed by atoms with Crippen molar-refractivity contribution in [1.29, 1.82) is 0 Å². The fraction of sp³-hybridized carbons (Fsp3) is 0.333. The van der Waals surface area contributed by atoms with Gasteiger partial charge in [-0.25, -0.2) is 4.79 Å². The first-order valence-corrected chi connectivity index (χ1v) is 7.41. The Morgan fingerprint density at radius 2 is 2.14 bits per heavy atom. The highest BCUT2D eigenvalue weighted by Gasteiger charge is 2.30. The van der Waals surface area contributed by atoms with Crippen LogP contribution < -0.4 is 10.6 Å². The van der Waals surface area contributed by atoms with E-state index >= 15 is 0 Å². The minimum absolute atomic E-state index is 0.0708. The molecule has 22 heavy (non-hydrogen) atoms. The van der Waals surface area contributed by atoms with Crippen LogP contribution in [0.3, 0.4) is 0 Å². The van der Waals surface area contributed by atoms with E-state index in [9.17, 15) is 4.79 Å². The molecule has 1 aromatic carbocycles. The van der Waals surface area contributed by atoms with Gasteiger partial charge in [0.15, 0.2) is 0 Å². The van der Waals surface area contributed by atoms with E-state index in [2.05, 4.69) is 15.8 Å². The molecule has 3 rings (SSSR count). The van der Waals surface area contributed by atoms with Crippen LogP contribution in [-0.2, 0) is 11.3 Å². The normalized spacial score (nSPS) is 20.8. The molecule has 7 heteroatoms. The Hall–Kier alpha value is -2.05. The number of hydrogen-bond acceptors (Lipinski definition) is 4. The summed E-state index contributed by atoms with van der Waals surface area (Å²) in [5.74, 6) is 0. The fourth-order valence-corrected chi connectivity index (χ4v) is 2.56. The van der Waals surface area contributed by atoms with Crippen LogP contribution in [0.25, 0.3) is 0 Å². The van der Waals surface area contributed by atoms with Gasteiger partial charge in [0, 0.05) is 17.7 Å². The number of halogens is 1. The quantitative estimate of drug-likeness (QED) is 0.907. The van der Waals surface area contributed by atoms with Crippen molar-refractivity contribution >= 4 is 17.6 Å². The molecular formula is C15H16ClN3O3. The fourth-order valence-electron chi connectivity index (χ4n) is 2.44. The lowest BCUT2D eigenvalue weighted by Crippen LogP contribution is -2.43. The second kappa shape index (κ2) is 6.81. The Kier molecular flexibility index (Phi) is 4.60. The lowest BCUT2D eigenvalue weighted by Gasteiger charge is -2.20. The van der Waals surface area contributed by atoms with Gasteiger partial charge in [-0.3, -0.25) is 0 Å². The highest BCUT2D eigenvalue weighted by Crippen LogP contribution is 2.29. The predicted molar refractivity (Wildman–Crippen MR) is 80.4 cm³/mol. The van der Waals surface area contributed by atoms with Crippen molar-refractivity contribution in [2.75, 3.05) is 6.61 Å². The molecule has 1 aromatic heterocycles. The number of amides is 2. The highest BCUT2D eigenvalue weighted by atomic mass is 35.5. The van der Waals surface area contributed by atoms with E-state index < -0.39 is 0 Å². The number of ether oxygens (including phenoxy) is 1. The van der Waals surface area contributed by atoms with Gasteiger partial charge in [-0.1, -0.05) is 28.9 Å². The van der Waals surface area contributed by atoms with Crippen molar-refractivity contribution in [3.8, 4) is 0 Å². The second-order valence-electron chi connectivity index (χ2n) is 5.06. The Bertz CT molecular complexity index is 615. The van der Waals surface area contributed by atoms with Gasteiger partial charge in [-0.15, -0.1) is 0 Å². The number of carbonyl (C=O) groups excluding carboxylic acids is 1. The molecular weight excluding hydrogens is 306 g/mol. The van der Waals surface area contributed by atoms with E-state index in [1.807, 2.05) is 24.3 Å². The number of benzene rings is 1. The first-order valence-electron chi connectivity index (χ1n) is 7.03. The van der Waals surface area contributed by atoms with Gasteiger partial charge in [0.2, 0.25) is 0 Å². The van der Waals surface area contributed by atoms with Gasteiger partial charge >= 0.3 is 6.03 Å². The Labute approximate surface area is 132 Å². The van der Waals surface area contributed by atoms with Gasteiger partial charge in [-0.2, -0.15) is 0 Å². The summed E-state index contributed by atoms with van der Waals surface area (Å²) >= 11 is 5.90. The van der Waals surface area contributed by atoms with E-state index in [-0.39, 0.29) is 18.2 Å². The highest BCUT2D eigenvalue weighted by molar-refractivity contribution is 6.30. The molecule has 1 saturated heterocycles. The molecule has 0 saturated carbocycles. The van der Waals surface area contributed by atoms with Crippen LogP contribution in [0, 0.1) is 0 Å². The van der Waals surface area contributed by atoms with Crippen molar-refractivity contribution in [3.63, 3.8) is 0 Å². The minimum atomic E-state index is -0.252. The molecule has 0 bridgehead atoms. The maximum atomic E-state index is 12.0. The second-order valence-corrected chi connectivity index (χ2v) is 5.49. The Morgan fingerprint density at radius 1 is 1.32 bits per heavy atom. The molecule has 2 atom stereocenters. The molecule has 0 aliphatic carbocycles. The van der Waals surface area contributed by atoms with Gasteiger partial charge < -0.3 is 19.9 Å². The van der Waals surface area contributed by atoms with Crippen LogP contribution in [0.15, 0.2) is 41.1 Å². The minimum Gasteiger partial charge on any atom is -0.371 e. The summed E-state index contributed by atoms with van der Waals surface area (Å²) in [5, 5.41) is 10.1. The third-order valence-electron chi connectivity index (χ3n) is 3.53. The number of rotatable bonds is 4. The third kappa shape index (κ3) is 3.58. The number of carbonyl (C=O) groups is 1. The summed E-state index contributed by atoms with van der Waals surface area (Å²) in [6.07, 6.45) is 2.08. The van der Waals surface area contributed by atoms with Gasteiger partial charge in [0.25, 0.3) is 0 Å². The van der Waals surface area contributed by atoms with Crippen LogP contribution in [0.5, 0.6) is 0 Å². The van der Waals surface area contributed by atoms with Crippen molar-refractivity contribution in [1.82, 2.24) is 15.8 Å². The van der Waals surface area contributed by atoms with Crippen LogP contribution in [0.1, 0.15) is 23.8 Å². The smallest absolute Gasteiger partial charge is 0.315 e. The number of aromatic nitrogens is 1. The van der Waals surface area contributed by atoms with Gasteiger partial charge in [0.1, 0.15) is 18.1 Å². The first-order chi connectivity index (χ1) is 10.7. The van der Waals surface area contributed by atoms with Crippen molar-refractivity contribution in [2.45, 2.75) is 25.1 Å². The number of hydrogen-bond donors (Lipinski definition) is 2. The molecule has 1 aliphatic heterocycles. The van der Waals surface area contributed by atoms with E-state index in [1.165, 1.54) is 6.26 Å². The zero-order chi connectivity index (χ0) is 15.4. The molecule has 0 radical (unpaired) electrons. The molecule has 116 valence electrons. The average Bonchev–Trinajstić information content (AvgIpc) is 3.17. The summed E-state index contributed by atoms with van der Waals surface area (Å²) < 4.78 is 10.4. The average molecular weight is 322 g/mol. The maximum Gasteiger partial charge on any atom is 0.315 e. The van der Waals surface area contributed by atoms with E-state index in [0.29, 0.717) is 23.9 Å². The molecule has 2 heterocycles. The van der Waals surface area contributed by atoms with Crippen molar-refractivity contribution in [3.05, 3.63) is 52.9 Å². The number of nitrogens with zero attached hydrogens (tertiary/aromatic N) is 1. The number of urea groups is 1. The summed E-state index contributed by atoms with van der Waals surface area (Å²) in [7, 11) is 0. The zero-order valence-electron chi connectivity index (χ0n) is 11.8. The standard InChI is InChI=1S/C15H16ClN3O3/c16-11-3-1-10(2-4-11)14-13(6-7-21-14)18-15(20)17-9-12-5-8-22-19-12/h1-5,8,13-14H,6-7,9H2,(H2,17,18,20)/t13-,14+/m0/s1. The van der Waals surface area contributed by atoms with Crippen molar-refractivity contribution in [2.24, 2.45) is 0 Å². The SMILES string of the molecule is O=C(NCc1ccon1)N[C@H]1CCO[C@@H]1c1ccc(Cl)cc1. The van der Waals surface area contributed by atoms with Crippen LogP contribution in [-0.4, -0.2) is 23.8 Å². The predicted octanol–water partition coefficient (Wildman–Crippen LogP) is 2.66. The van der Waals surface area contributed by atoms with E-state index in [4.69, 9.17) is 20.9 Å².